The molecule has 2 aromatic heterocycles. The number of halogens is 1. The van der Waals surface area contributed by atoms with Gasteiger partial charge in [-0.25, -0.2) is 19.3 Å². The first-order chi connectivity index (χ1) is 11.5. The van der Waals surface area contributed by atoms with Crippen LogP contribution in [0.4, 0.5) is 4.39 Å². The van der Waals surface area contributed by atoms with Crippen LogP contribution in [-0.4, -0.2) is 31.2 Å². The van der Waals surface area contributed by atoms with Crippen molar-refractivity contribution >= 4 is 28.8 Å². The van der Waals surface area contributed by atoms with Gasteiger partial charge in [0.05, 0.1) is 12.3 Å². The molecule has 0 radical (unpaired) electrons. The van der Waals surface area contributed by atoms with Crippen molar-refractivity contribution in [3.05, 3.63) is 58.4 Å². The number of primary amides is 1. The number of aromatic nitrogens is 4. The third-order valence-electron chi connectivity index (χ3n) is 3.16. The summed E-state index contributed by atoms with van der Waals surface area (Å²) >= 11 is 1.04. The van der Waals surface area contributed by atoms with Gasteiger partial charge < -0.3 is 5.73 Å². The highest BCUT2D eigenvalue weighted by molar-refractivity contribution is 7.99. The van der Waals surface area contributed by atoms with Gasteiger partial charge in [-0.15, -0.1) is 0 Å². The third-order valence-corrected chi connectivity index (χ3v) is 4.16. The van der Waals surface area contributed by atoms with Gasteiger partial charge in [0.2, 0.25) is 5.91 Å². The first-order valence-corrected chi connectivity index (χ1v) is 7.90. The normalized spacial score (nSPS) is 10.9. The maximum Gasteiger partial charge on any atom is 0.282 e. The van der Waals surface area contributed by atoms with Crippen LogP contribution in [0.25, 0.3) is 11.2 Å². The standard InChI is InChI=1S/C15H12FN5O2S/c16-10-3-1-9(2-4-10)7-21-14(23)12-13(19-6-5-18-12)20-15(21)24-8-11(17)22/h1-6H,7-8H2,(H2,17,22). The number of rotatable bonds is 5. The molecule has 9 heteroatoms. The average molecular weight is 345 g/mol. The number of thioether (sulfide) groups is 1. The Kier molecular flexibility index (Phi) is 4.52. The summed E-state index contributed by atoms with van der Waals surface area (Å²) in [5.41, 5.74) is 5.82. The van der Waals surface area contributed by atoms with E-state index >= 15 is 0 Å². The van der Waals surface area contributed by atoms with Crippen LogP contribution < -0.4 is 11.3 Å². The minimum Gasteiger partial charge on any atom is -0.369 e. The molecule has 2 heterocycles. The molecule has 0 aliphatic carbocycles. The summed E-state index contributed by atoms with van der Waals surface area (Å²) in [7, 11) is 0. The molecule has 7 nitrogen and oxygen atoms in total. The van der Waals surface area contributed by atoms with Crippen LogP contribution in [0, 0.1) is 5.82 Å². The van der Waals surface area contributed by atoms with Crippen molar-refractivity contribution in [1.29, 1.82) is 0 Å². The van der Waals surface area contributed by atoms with Crippen LogP contribution >= 0.6 is 11.8 Å². The van der Waals surface area contributed by atoms with E-state index in [1.807, 2.05) is 0 Å². The molecule has 0 bridgehead atoms. The van der Waals surface area contributed by atoms with E-state index in [9.17, 15) is 14.0 Å². The van der Waals surface area contributed by atoms with E-state index < -0.39 is 5.91 Å². The molecule has 0 saturated heterocycles. The Hall–Kier alpha value is -2.81. The molecule has 0 aliphatic rings. The van der Waals surface area contributed by atoms with Crippen LogP contribution in [-0.2, 0) is 11.3 Å². The highest BCUT2D eigenvalue weighted by atomic mass is 32.2. The Morgan fingerprint density at radius 3 is 2.62 bits per heavy atom. The van der Waals surface area contributed by atoms with Crippen molar-refractivity contribution < 1.29 is 9.18 Å². The molecule has 3 rings (SSSR count). The number of hydrogen-bond donors (Lipinski definition) is 1. The van der Waals surface area contributed by atoms with Gasteiger partial charge in [-0.1, -0.05) is 23.9 Å². The maximum absolute atomic E-state index is 13.0. The number of carbonyl (C=O) groups is 1. The second kappa shape index (κ2) is 6.75. The van der Waals surface area contributed by atoms with Gasteiger partial charge in [-0.3, -0.25) is 14.2 Å². The fraction of sp³-hybridized carbons (Fsp3) is 0.133. The van der Waals surface area contributed by atoms with Crippen molar-refractivity contribution in [1.82, 2.24) is 19.5 Å². The van der Waals surface area contributed by atoms with Crippen molar-refractivity contribution in [3.8, 4) is 0 Å². The molecule has 0 aliphatic heterocycles. The second-order valence-electron chi connectivity index (χ2n) is 4.90. The van der Waals surface area contributed by atoms with Crippen LogP contribution in [0.2, 0.25) is 0 Å². The lowest BCUT2D eigenvalue weighted by Crippen LogP contribution is -2.26. The fourth-order valence-electron chi connectivity index (χ4n) is 2.09. The first kappa shape index (κ1) is 16.1. The van der Waals surface area contributed by atoms with Gasteiger partial charge in [0, 0.05) is 12.4 Å². The van der Waals surface area contributed by atoms with E-state index in [0.717, 1.165) is 11.8 Å². The van der Waals surface area contributed by atoms with E-state index in [0.29, 0.717) is 10.7 Å². The number of carbonyl (C=O) groups excluding carboxylic acids is 1. The highest BCUT2D eigenvalue weighted by Gasteiger charge is 2.14. The Balaban J connectivity index is 2.09. The monoisotopic (exact) mass is 345 g/mol. The van der Waals surface area contributed by atoms with Gasteiger partial charge in [0.1, 0.15) is 5.82 Å². The van der Waals surface area contributed by atoms with Gasteiger partial charge >= 0.3 is 0 Å². The smallest absolute Gasteiger partial charge is 0.282 e. The molecule has 2 N–H and O–H groups in total. The SMILES string of the molecule is NC(=O)CSc1nc2nccnc2c(=O)n1Cc1ccc(F)cc1. The first-order valence-electron chi connectivity index (χ1n) is 6.91. The van der Waals surface area contributed by atoms with E-state index in [1.165, 1.54) is 29.1 Å². The lowest BCUT2D eigenvalue weighted by Gasteiger charge is -2.12. The largest absolute Gasteiger partial charge is 0.369 e. The molecule has 1 amide bonds. The fourth-order valence-corrected chi connectivity index (χ4v) is 2.81. The molecule has 0 atom stereocenters. The van der Waals surface area contributed by atoms with Crippen LogP contribution in [0.1, 0.15) is 5.56 Å². The topological polar surface area (TPSA) is 104 Å². The molecule has 24 heavy (non-hydrogen) atoms. The Morgan fingerprint density at radius 2 is 1.92 bits per heavy atom. The summed E-state index contributed by atoms with van der Waals surface area (Å²) in [6, 6.07) is 5.77. The predicted octanol–water partition coefficient (Wildman–Crippen LogP) is 0.951. The Morgan fingerprint density at radius 1 is 1.21 bits per heavy atom. The zero-order valence-electron chi connectivity index (χ0n) is 12.3. The van der Waals surface area contributed by atoms with E-state index in [-0.39, 0.29) is 34.8 Å². The van der Waals surface area contributed by atoms with Crippen molar-refractivity contribution in [2.75, 3.05) is 5.75 Å². The zero-order chi connectivity index (χ0) is 17.1. The number of fused-ring (bicyclic) bond motifs is 1. The number of benzene rings is 1. The molecule has 0 spiro atoms. The summed E-state index contributed by atoms with van der Waals surface area (Å²) in [6.07, 6.45) is 2.84. The third kappa shape index (κ3) is 3.40. The molecular formula is C15H12FN5O2S. The summed E-state index contributed by atoms with van der Waals surface area (Å²) < 4.78 is 14.4. The summed E-state index contributed by atoms with van der Waals surface area (Å²) in [4.78, 5) is 36.1. The predicted molar refractivity (Wildman–Crippen MR) is 87.0 cm³/mol. The number of nitrogens with zero attached hydrogens (tertiary/aromatic N) is 4. The lowest BCUT2D eigenvalue weighted by atomic mass is 10.2. The lowest BCUT2D eigenvalue weighted by molar-refractivity contribution is -0.115. The molecule has 0 fully saturated rings. The van der Waals surface area contributed by atoms with E-state index in [2.05, 4.69) is 15.0 Å². The molecule has 0 unspecified atom stereocenters. The summed E-state index contributed by atoms with van der Waals surface area (Å²) in [5.74, 6) is -0.916. The Labute approximate surface area is 139 Å². The van der Waals surface area contributed by atoms with Gasteiger partial charge in [0.25, 0.3) is 5.56 Å². The van der Waals surface area contributed by atoms with Crippen molar-refractivity contribution in [2.24, 2.45) is 5.73 Å². The highest BCUT2D eigenvalue weighted by Crippen LogP contribution is 2.17. The summed E-state index contributed by atoms with van der Waals surface area (Å²) in [5, 5.41) is 0.302. The van der Waals surface area contributed by atoms with E-state index in [1.54, 1.807) is 12.1 Å². The van der Waals surface area contributed by atoms with Gasteiger partial charge in [0.15, 0.2) is 16.3 Å². The number of nitrogens with two attached hydrogens (primary N) is 1. The van der Waals surface area contributed by atoms with Gasteiger partial charge in [-0.05, 0) is 17.7 Å². The molecule has 3 aromatic rings. The van der Waals surface area contributed by atoms with Crippen LogP contribution in [0.5, 0.6) is 0 Å². The number of amides is 1. The van der Waals surface area contributed by atoms with Crippen molar-refractivity contribution in [2.45, 2.75) is 11.7 Å². The minimum absolute atomic E-state index is 0.0262. The van der Waals surface area contributed by atoms with E-state index in [4.69, 9.17) is 5.73 Å². The van der Waals surface area contributed by atoms with Crippen molar-refractivity contribution in [3.63, 3.8) is 0 Å². The van der Waals surface area contributed by atoms with Crippen LogP contribution in [0.15, 0.2) is 46.6 Å². The Bertz CT molecular complexity index is 958. The molecule has 122 valence electrons. The molecular weight excluding hydrogens is 333 g/mol. The second-order valence-corrected chi connectivity index (χ2v) is 5.84. The average Bonchev–Trinajstić information content (AvgIpc) is 2.57. The maximum atomic E-state index is 13.0. The van der Waals surface area contributed by atoms with Gasteiger partial charge in [-0.2, -0.15) is 0 Å². The molecule has 1 aromatic carbocycles. The summed E-state index contributed by atoms with van der Waals surface area (Å²) in [6.45, 7) is 0.166. The zero-order valence-corrected chi connectivity index (χ0v) is 13.2. The molecule has 0 saturated carbocycles. The number of hydrogen-bond acceptors (Lipinski definition) is 6. The minimum atomic E-state index is -0.526. The quantitative estimate of drug-likeness (QED) is 0.545. The van der Waals surface area contributed by atoms with Crippen LogP contribution in [0.3, 0.4) is 0 Å².